The molecule has 1 aromatic heterocycles. The second-order valence-electron chi connectivity index (χ2n) is 8.13. The molecule has 31 heavy (non-hydrogen) atoms. The molecule has 0 saturated carbocycles. The van der Waals surface area contributed by atoms with Gasteiger partial charge in [0.05, 0.1) is 12.6 Å². The Morgan fingerprint density at radius 3 is 2.90 bits per heavy atom. The maximum Gasteiger partial charge on any atom is 0.239 e. The minimum absolute atomic E-state index is 0.0216. The average Bonchev–Trinajstić information content (AvgIpc) is 3.40. The van der Waals surface area contributed by atoms with Crippen molar-refractivity contribution in [2.24, 2.45) is 4.99 Å². The van der Waals surface area contributed by atoms with Crippen molar-refractivity contribution in [2.45, 2.75) is 38.3 Å². The van der Waals surface area contributed by atoms with E-state index in [1.807, 2.05) is 39.2 Å². The number of benzene rings is 1. The fourth-order valence-corrected chi connectivity index (χ4v) is 4.98. The van der Waals surface area contributed by atoms with Crippen LogP contribution in [0, 0.1) is 0 Å². The van der Waals surface area contributed by atoms with Crippen molar-refractivity contribution in [3.05, 3.63) is 35.2 Å². The highest BCUT2D eigenvalue weighted by molar-refractivity contribution is 7.19. The second-order valence-corrected chi connectivity index (χ2v) is 9.24. The Labute approximate surface area is 189 Å². The first-order valence-electron chi connectivity index (χ1n) is 11.1. The smallest absolute Gasteiger partial charge is 0.239 e. The van der Waals surface area contributed by atoms with E-state index in [-0.39, 0.29) is 11.9 Å². The largest absolute Gasteiger partial charge is 0.386 e. The third-order valence-corrected chi connectivity index (χ3v) is 6.76. The van der Waals surface area contributed by atoms with Gasteiger partial charge >= 0.3 is 0 Å². The number of rotatable bonds is 9. The van der Waals surface area contributed by atoms with Gasteiger partial charge in [-0.15, -0.1) is 11.3 Å². The van der Waals surface area contributed by atoms with Crippen LogP contribution in [0.1, 0.15) is 37.2 Å². The van der Waals surface area contributed by atoms with Crippen LogP contribution in [-0.2, 0) is 4.79 Å². The molecule has 7 nitrogen and oxygen atoms in total. The molecule has 3 rings (SSSR count). The van der Waals surface area contributed by atoms with Crippen molar-refractivity contribution in [2.75, 3.05) is 46.8 Å². The highest BCUT2D eigenvalue weighted by atomic mass is 32.1. The summed E-state index contributed by atoms with van der Waals surface area (Å²) >= 11 is 1.61. The minimum Gasteiger partial charge on any atom is -0.386 e. The van der Waals surface area contributed by atoms with Crippen LogP contribution in [0.25, 0.3) is 10.1 Å². The van der Waals surface area contributed by atoms with Gasteiger partial charge < -0.3 is 20.6 Å². The van der Waals surface area contributed by atoms with E-state index in [2.05, 4.69) is 32.7 Å². The number of hydrogen-bond donors (Lipinski definition) is 3. The predicted octanol–water partition coefficient (Wildman–Crippen LogP) is 2.43. The Morgan fingerprint density at radius 2 is 2.16 bits per heavy atom. The number of fused-ring (bicyclic) bond motifs is 1. The van der Waals surface area contributed by atoms with E-state index in [0.29, 0.717) is 12.5 Å². The first-order chi connectivity index (χ1) is 15.0. The third kappa shape index (κ3) is 6.41. The molecule has 1 fully saturated rings. The molecule has 2 atom stereocenters. The van der Waals surface area contributed by atoms with Gasteiger partial charge in [-0.25, -0.2) is 0 Å². The van der Waals surface area contributed by atoms with Crippen LogP contribution in [0.4, 0.5) is 0 Å². The van der Waals surface area contributed by atoms with Gasteiger partial charge in [-0.05, 0) is 50.2 Å². The maximum absolute atomic E-state index is 12.3. The van der Waals surface area contributed by atoms with Gasteiger partial charge in [-0.3, -0.25) is 14.7 Å². The number of likely N-dealkylation sites (tertiary alicyclic amines) is 1. The van der Waals surface area contributed by atoms with Crippen LogP contribution in [0.2, 0.25) is 0 Å². The van der Waals surface area contributed by atoms with E-state index in [1.165, 1.54) is 4.70 Å². The van der Waals surface area contributed by atoms with Crippen LogP contribution < -0.4 is 10.6 Å². The zero-order valence-corrected chi connectivity index (χ0v) is 19.6. The molecule has 0 aliphatic carbocycles. The minimum atomic E-state index is -0.615. The summed E-state index contributed by atoms with van der Waals surface area (Å²) in [4.78, 5) is 21.8. The molecule has 1 aromatic carbocycles. The fourth-order valence-electron chi connectivity index (χ4n) is 3.94. The van der Waals surface area contributed by atoms with Crippen molar-refractivity contribution in [1.29, 1.82) is 0 Å². The van der Waals surface area contributed by atoms with Crippen LogP contribution in [0.3, 0.4) is 0 Å². The van der Waals surface area contributed by atoms with E-state index < -0.39 is 6.10 Å². The van der Waals surface area contributed by atoms with Gasteiger partial charge in [0.1, 0.15) is 6.10 Å². The summed E-state index contributed by atoms with van der Waals surface area (Å²) in [6.07, 6.45) is 2.34. The second kappa shape index (κ2) is 11.5. The van der Waals surface area contributed by atoms with Crippen LogP contribution in [0.5, 0.6) is 0 Å². The maximum atomic E-state index is 12.3. The zero-order valence-electron chi connectivity index (χ0n) is 18.8. The molecule has 170 valence electrons. The fraction of sp³-hybridized carbons (Fsp3) is 0.565. The van der Waals surface area contributed by atoms with E-state index in [9.17, 15) is 9.90 Å². The van der Waals surface area contributed by atoms with Crippen molar-refractivity contribution in [3.8, 4) is 0 Å². The normalized spacial score (nSPS) is 18.3. The van der Waals surface area contributed by atoms with Gasteiger partial charge in [0, 0.05) is 43.3 Å². The molecule has 1 saturated heterocycles. The van der Waals surface area contributed by atoms with Crippen molar-refractivity contribution in [3.63, 3.8) is 0 Å². The van der Waals surface area contributed by atoms with Crippen molar-refractivity contribution >= 4 is 33.3 Å². The molecule has 2 aromatic rings. The Bertz CT molecular complexity index is 849. The zero-order chi connectivity index (χ0) is 22.2. The molecule has 0 spiro atoms. The number of nitrogens with zero attached hydrogens (tertiary/aromatic N) is 3. The first-order valence-corrected chi connectivity index (χ1v) is 11.9. The van der Waals surface area contributed by atoms with E-state index in [1.54, 1.807) is 16.2 Å². The summed E-state index contributed by atoms with van der Waals surface area (Å²) in [6, 6.07) is 10.2. The van der Waals surface area contributed by atoms with Gasteiger partial charge in [-0.2, -0.15) is 0 Å². The Kier molecular flexibility index (Phi) is 8.69. The average molecular weight is 446 g/mol. The number of guanidine groups is 1. The summed E-state index contributed by atoms with van der Waals surface area (Å²) in [5, 5.41) is 18.3. The Morgan fingerprint density at radius 1 is 1.35 bits per heavy atom. The lowest BCUT2D eigenvalue weighted by molar-refractivity contribution is -0.133. The lowest BCUT2D eigenvalue weighted by Crippen LogP contribution is -2.44. The number of aliphatic hydroxyl groups is 1. The van der Waals surface area contributed by atoms with Crippen LogP contribution in [0.15, 0.2) is 35.3 Å². The molecule has 1 aliphatic rings. The SMILES string of the molecule is CCNC(=NCC(O)c1cc2ccccc2s1)NCCCN1CCCC1C(=O)N(C)C. The van der Waals surface area contributed by atoms with Crippen molar-refractivity contribution < 1.29 is 9.90 Å². The lowest BCUT2D eigenvalue weighted by Gasteiger charge is -2.26. The number of nitrogens with one attached hydrogen (secondary N) is 2. The highest BCUT2D eigenvalue weighted by Gasteiger charge is 2.30. The van der Waals surface area contributed by atoms with Gasteiger partial charge in [0.15, 0.2) is 5.96 Å². The van der Waals surface area contributed by atoms with Crippen LogP contribution >= 0.6 is 11.3 Å². The summed E-state index contributed by atoms with van der Waals surface area (Å²) in [5.74, 6) is 0.917. The Hall–Kier alpha value is -2.16. The summed E-state index contributed by atoms with van der Waals surface area (Å²) < 4.78 is 1.18. The first kappa shape index (κ1) is 23.5. The Balaban J connectivity index is 1.47. The number of aliphatic hydroxyl groups excluding tert-OH is 1. The number of thiophene rings is 1. The number of hydrogen-bond acceptors (Lipinski definition) is 5. The molecule has 0 radical (unpaired) electrons. The molecule has 0 bridgehead atoms. The highest BCUT2D eigenvalue weighted by Crippen LogP contribution is 2.29. The van der Waals surface area contributed by atoms with Crippen LogP contribution in [-0.4, -0.2) is 79.6 Å². The number of carbonyl (C=O) groups is 1. The molecule has 1 amide bonds. The van der Waals surface area contributed by atoms with Gasteiger partial charge in [0.2, 0.25) is 5.91 Å². The molecule has 2 unspecified atom stereocenters. The molecule has 2 heterocycles. The number of amides is 1. The molecular weight excluding hydrogens is 410 g/mol. The van der Waals surface area contributed by atoms with E-state index >= 15 is 0 Å². The molecule has 3 N–H and O–H groups in total. The monoisotopic (exact) mass is 445 g/mol. The summed E-state index contributed by atoms with van der Waals surface area (Å²) in [5.41, 5.74) is 0. The van der Waals surface area contributed by atoms with Gasteiger partial charge in [-0.1, -0.05) is 18.2 Å². The third-order valence-electron chi connectivity index (χ3n) is 5.54. The predicted molar refractivity (Wildman–Crippen MR) is 129 cm³/mol. The number of likely N-dealkylation sites (N-methyl/N-ethyl adjacent to an activating group) is 1. The molecule has 8 heteroatoms. The van der Waals surface area contributed by atoms with Gasteiger partial charge in [0.25, 0.3) is 0 Å². The summed E-state index contributed by atoms with van der Waals surface area (Å²) in [7, 11) is 3.65. The van der Waals surface area contributed by atoms with E-state index in [4.69, 9.17) is 0 Å². The van der Waals surface area contributed by atoms with E-state index in [0.717, 1.165) is 55.7 Å². The number of aliphatic imine (C=N–C) groups is 1. The summed E-state index contributed by atoms with van der Waals surface area (Å²) in [6.45, 7) is 5.75. The lowest BCUT2D eigenvalue weighted by atomic mass is 10.2. The molecular formula is C23H35N5O2S. The molecule has 1 aliphatic heterocycles. The quantitative estimate of drug-likeness (QED) is 0.314. The topological polar surface area (TPSA) is 80.2 Å². The standard InChI is InChI=1S/C23H35N5O2S/c1-4-24-23(25-12-8-14-28-13-7-10-18(28)22(30)27(2)3)26-16-19(29)21-15-17-9-5-6-11-20(17)31-21/h5-6,9,11,15,18-19,29H,4,7-8,10,12-14,16H2,1-3H3,(H2,24,25,26). The van der Waals surface area contributed by atoms with Crippen molar-refractivity contribution in [1.82, 2.24) is 20.4 Å². The number of carbonyl (C=O) groups excluding carboxylic acids is 1.